The summed E-state index contributed by atoms with van der Waals surface area (Å²) in [4.78, 5) is 33.9. The molecule has 1 aliphatic rings. The maximum atomic E-state index is 11.5. The molecule has 0 unspecified atom stereocenters. The number of aryl methyl sites for hydroxylation is 1. The Morgan fingerprint density at radius 3 is 2.28 bits per heavy atom. The lowest BCUT2D eigenvalue weighted by Crippen LogP contribution is -2.55. The van der Waals surface area contributed by atoms with E-state index in [0.717, 1.165) is 5.56 Å². The fourth-order valence-electron chi connectivity index (χ4n) is 1.81. The summed E-state index contributed by atoms with van der Waals surface area (Å²) in [6, 6.07) is 6.48. The van der Waals surface area contributed by atoms with Crippen molar-refractivity contribution in [1.82, 2.24) is 10.6 Å². The number of hydrogen-bond acceptors (Lipinski definition) is 3. The van der Waals surface area contributed by atoms with Gasteiger partial charge in [-0.1, -0.05) is 29.8 Å². The van der Waals surface area contributed by atoms with Gasteiger partial charge in [0.1, 0.15) is 5.92 Å². The van der Waals surface area contributed by atoms with Crippen molar-refractivity contribution in [2.75, 3.05) is 0 Å². The molecule has 1 saturated heterocycles. The molecule has 0 aromatic heterocycles. The third kappa shape index (κ3) is 2.68. The number of urea groups is 1. The molecule has 1 fully saturated rings. The number of amides is 4. The number of carbonyl (C=O) groups excluding carboxylic acids is 3. The lowest BCUT2D eigenvalue weighted by atomic mass is 9.97. The molecule has 0 atom stereocenters. The summed E-state index contributed by atoms with van der Waals surface area (Å²) in [5, 5.41) is 4.74. The summed E-state index contributed by atoms with van der Waals surface area (Å²) < 4.78 is 0. The third-order valence-corrected chi connectivity index (χ3v) is 3.14. The van der Waals surface area contributed by atoms with E-state index in [1.54, 1.807) is 6.07 Å². The van der Waals surface area contributed by atoms with Gasteiger partial charge >= 0.3 is 6.03 Å². The predicted octanol–water partition coefficient (Wildman–Crippen LogP) is 1.25. The standard InChI is InChI=1S/C12H11ClN2O3/c13-9-4-2-1-3-7(9)5-6-8-10(16)14-12(18)15-11(8)17/h1-4,8H,5-6H2,(H2,14,15,16,17,18). The van der Waals surface area contributed by atoms with Gasteiger partial charge in [-0.3, -0.25) is 20.2 Å². The van der Waals surface area contributed by atoms with Crippen molar-refractivity contribution < 1.29 is 14.4 Å². The van der Waals surface area contributed by atoms with E-state index in [9.17, 15) is 14.4 Å². The zero-order chi connectivity index (χ0) is 13.1. The quantitative estimate of drug-likeness (QED) is 0.809. The molecule has 5 nitrogen and oxygen atoms in total. The fraction of sp³-hybridized carbons (Fsp3) is 0.250. The lowest BCUT2D eigenvalue weighted by Gasteiger charge is -2.20. The Kier molecular flexibility index (Phi) is 3.62. The van der Waals surface area contributed by atoms with Crippen molar-refractivity contribution in [3.63, 3.8) is 0 Å². The van der Waals surface area contributed by atoms with Crippen LogP contribution in [0, 0.1) is 5.92 Å². The van der Waals surface area contributed by atoms with E-state index in [4.69, 9.17) is 11.6 Å². The molecule has 2 rings (SSSR count). The van der Waals surface area contributed by atoms with E-state index in [1.165, 1.54) is 0 Å². The highest BCUT2D eigenvalue weighted by Gasteiger charge is 2.33. The van der Waals surface area contributed by atoms with Crippen LogP contribution >= 0.6 is 11.6 Å². The minimum absolute atomic E-state index is 0.314. The zero-order valence-electron chi connectivity index (χ0n) is 9.40. The van der Waals surface area contributed by atoms with Crippen molar-refractivity contribution in [2.45, 2.75) is 12.8 Å². The van der Waals surface area contributed by atoms with Gasteiger partial charge in [0.15, 0.2) is 0 Å². The summed E-state index contributed by atoms with van der Waals surface area (Å²) in [6.45, 7) is 0. The first-order valence-corrected chi connectivity index (χ1v) is 5.85. The largest absolute Gasteiger partial charge is 0.328 e. The first kappa shape index (κ1) is 12.6. The van der Waals surface area contributed by atoms with E-state index in [-0.39, 0.29) is 0 Å². The molecular formula is C12H11ClN2O3. The van der Waals surface area contributed by atoms with Crippen LogP contribution in [0.2, 0.25) is 5.02 Å². The van der Waals surface area contributed by atoms with Crippen LogP contribution in [-0.4, -0.2) is 17.8 Å². The van der Waals surface area contributed by atoms with Crippen molar-refractivity contribution >= 4 is 29.4 Å². The number of benzene rings is 1. The minimum Gasteiger partial charge on any atom is -0.277 e. The molecule has 0 bridgehead atoms. The second-order valence-corrected chi connectivity index (χ2v) is 4.40. The van der Waals surface area contributed by atoms with E-state index < -0.39 is 23.8 Å². The highest BCUT2D eigenvalue weighted by molar-refractivity contribution is 6.31. The zero-order valence-corrected chi connectivity index (χ0v) is 10.2. The van der Waals surface area contributed by atoms with Gasteiger partial charge in [0.05, 0.1) is 0 Å². The molecule has 0 spiro atoms. The molecule has 0 aliphatic carbocycles. The van der Waals surface area contributed by atoms with Gasteiger partial charge in [0, 0.05) is 5.02 Å². The average Bonchev–Trinajstić information content (AvgIpc) is 2.30. The Balaban J connectivity index is 2.02. The normalized spacial score (nSPS) is 16.4. The fourth-order valence-corrected chi connectivity index (χ4v) is 2.04. The summed E-state index contributed by atoms with van der Waals surface area (Å²) >= 11 is 5.98. The number of halogens is 1. The first-order valence-electron chi connectivity index (χ1n) is 5.47. The van der Waals surface area contributed by atoms with Gasteiger partial charge in [-0.2, -0.15) is 0 Å². The van der Waals surface area contributed by atoms with Crippen LogP contribution in [-0.2, 0) is 16.0 Å². The Bertz CT molecular complexity index is 496. The average molecular weight is 267 g/mol. The second-order valence-electron chi connectivity index (χ2n) is 3.99. The number of barbiturate groups is 1. The van der Waals surface area contributed by atoms with Crippen molar-refractivity contribution in [1.29, 1.82) is 0 Å². The third-order valence-electron chi connectivity index (χ3n) is 2.77. The molecule has 18 heavy (non-hydrogen) atoms. The van der Waals surface area contributed by atoms with Gasteiger partial charge in [-0.15, -0.1) is 0 Å². The summed E-state index contributed by atoms with van der Waals surface area (Å²) in [5.41, 5.74) is 0.872. The topological polar surface area (TPSA) is 75.3 Å². The SMILES string of the molecule is O=C1NC(=O)C(CCc2ccccc2Cl)C(=O)N1. The van der Waals surface area contributed by atoms with Gasteiger partial charge in [-0.25, -0.2) is 4.79 Å². The molecule has 1 aliphatic heterocycles. The van der Waals surface area contributed by atoms with E-state index in [0.29, 0.717) is 17.9 Å². The van der Waals surface area contributed by atoms with Gasteiger partial charge in [-0.05, 0) is 24.5 Å². The Morgan fingerprint density at radius 2 is 1.67 bits per heavy atom. The Morgan fingerprint density at radius 1 is 1.06 bits per heavy atom. The molecule has 6 heteroatoms. The highest BCUT2D eigenvalue weighted by Crippen LogP contribution is 2.19. The summed E-state index contributed by atoms with van der Waals surface area (Å²) in [7, 11) is 0. The number of rotatable bonds is 3. The molecule has 1 heterocycles. The van der Waals surface area contributed by atoms with Crippen LogP contribution in [0.1, 0.15) is 12.0 Å². The molecule has 0 radical (unpaired) electrons. The number of carbonyl (C=O) groups is 3. The van der Waals surface area contributed by atoms with Crippen LogP contribution in [0.5, 0.6) is 0 Å². The van der Waals surface area contributed by atoms with E-state index in [2.05, 4.69) is 10.6 Å². The lowest BCUT2D eigenvalue weighted by molar-refractivity contribution is -0.136. The second kappa shape index (κ2) is 5.18. The number of imide groups is 2. The maximum absolute atomic E-state index is 11.5. The van der Waals surface area contributed by atoms with Gasteiger partial charge < -0.3 is 0 Å². The van der Waals surface area contributed by atoms with E-state index >= 15 is 0 Å². The van der Waals surface area contributed by atoms with Crippen LogP contribution in [0.15, 0.2) is 24.3 Å². The van der Waals surface area contributed by atoms with Crippen LogP contribution < -0.4 is 10.6 Å². The molecule has 1 aromatic carbocycles. The van der Waals surface area contributed by atoms with Crippen molar-refractivity contribution in [3.8, 4) is 0 Å². The van der Waals surface area contributed by atoms with Crippen LogP contribution in [0.4, 0.5) is 4.79 Å². The monoisotopic (exact) mass is 266 g/mol. The summed E-state index contributed by atoms with van der Waals surface area (Å²) in [5.74, 6) is -1.97. The number of hydrogen-bond donors (Lipinski definition) is 2. The Hall–Kier alpha value is -1.88. The molecule has 4 amide bonds. The smallest absolute Gasteiger partial charge is 0.277 e. The first-order chi connectivity index (χ1) is 8.58. The van der Waals surface area contributed by atoms with Crippen LogP contribution in [0.3, 0.4) is 0 Å². The maximum Gasteiger partial charge on any atom is 0.328 e. The Labute approximate surface area is 109 Å². The molecule has 1 aromatic rings. The molecule has 0 saturated carbocycles. The van der Waals surface area contributed by atoms with Crippen LogP contribution in [0.25, 0.3) is 0 Å². The molecule has 2 N–H and O–H groups in total. The highest BCUT2D eigenvalue weighted by atomic mass is 35.5. The number of nitrogens with one attached hydrogen (secondary N) is 2. The van der Waals surface area contributed by atoms with Crippen molar-refractivity contribution in [2.24, 2.45) is 5.92 Å². The summed E-state index contributed by atoms with van der Waals surface area (Å²) in [6.07, 6.45) is 0.814. The molecule has 94 valence electrons. The molecular weight excluding hydrogens is 256 g/mol. The predicted molar refractivity (Wildman–Crippen MR) is 64.9 cm³/mol. The van der Waals surface area contributed by atoms with Gasteiger partial charge in [0.2, 0.25) is 11.8 Å². The van der Waals surface area contributed by atoms with Gasteiger partial charge in [0.25, 0.3) is 0 Å². The van der Waals surface area contributed by atoms with Crippen molar-refractivity contribution in [3.05, 3.63) is 34.9 Å². The minimum atomic E-state index is -0.848. The van der Waals surface area contributed by atoms with E-state index in [1.807, 2.05) is 18.2 Å².